The highest BCUT2D eigenvalue weighted by molar-refractivity contribution is 5.94. The van der Waals surface area contributed by atoms with Gasteiger partial charge in [-0.25, -0.2) is 4.39 Å². The van der Waals surface area contributed by atoms with Crippen LogP contribution in [0.25, 0.3) is 11.3 Å². The summed E-state index contributed by atoms with van der Waals surface area (Å²) < 4.78 is 14.8. The molecule has 27 heavy (non-hydrogen) atoms. The van der Waals surface area contributed by atoms with Crippen LogP contribution in [0.4, 0.5) is 4.39 Å². The number of carbonyl (C=O) groups excluding carboxylic acids is 1. The van der Waals surface area contributed by atoms with Crippen molar-refractivity contribution in [3.63, 3.8) is 0 Å². The van der Waals surface area contributed by atoms with Crippen LogP contribution in [-0.4, -0.2) is 34.7 Å². The maximum absolute atomic E-state index is 12.9. The van der Waals surface area contributed by atoms with Gasteiger partial charge in [-0.15, -0.1) is 0 Å². The van der Waals surface area contributed by atoms with Crippen LogP contribution in [-0.2, 0) is 20.1 Å². The quantitative estimate of drug-likeness (QED) is 0.729. The number of aromatic nitrogens is 2. The first-order valence-corrected chi connectivity index (χ1v) is 8.73. The molecule has 2 aromatic carbocycles. The summed E-state index contributed by atoms with van der Waals surface area (Å²) in [6.45, 7) is 1.24. The van der Waals surface area contributed by atoms with E-state index in [9.17, 15) is 9.18 Å². The summed E-state index contributed by atoms with van der Waals surface area (Å²) in [4.78, 5) is 14.2. The summed E-state index contributed by atoms with van der Waals surface area (Å²) >= 11 is 0. The SMILES string of the molecule is CN(C)Cc1cc(-c2ccc(CNC(=O)c3ccc(F)cc3)cc2)nn1C. The highest BCUT2D eigenvalue weighted by Crippen LogP contribution is 2.20. The number of hydrogen-bond acceptors (Lipinski definition) is 3. The first-order valence-electron chi connectivity index (χ1n) is 8.73. The van der Waals surface area contributed by atoms with E-state index in [1.54, 1.807) is 0 Å². The average Bonchev–Trinajstić information content (AvgIpc) is 3.00. The molecule has 0 atom stereocenters. The van der Waals surface area contributed by atoms with Crippen LogP contribution in [0.15, 0.2) is 54.6 Å². The molecule has 1 heterocycles. The fourth-order valence-electron chi connectivity index (χ4n) is 2.80. The molecule has 3 aromatic rings. The van der Waals surface area contributed by atoms with Gasteiger partial charge >= 0.3 is 0 Å². The van der Waals surface area contributed by atoms with E-state index in [0.717, 1.165) is 29.1 Å². The predicted octanol–water partition coefficient (Wildman–Crippen LogP) is 3.22. The van der Waals surface area contributed by atoms with E-state index < -0.39 is 0 Å². The molecule has 3 rings (SSSR count). The van der Waals surface area contributed by atoms with Gasteiger partial charge in [0.15, 0.2) is 0 Å². The zero-order chi connectivity index (χ0) is 19.4. The normalized spacial score (nSPS) is 11.0. The predicted molar refractivity (Wildman–Crippen MR) is 104 cm³/mol. The topological polar surface area (TPSA) is 50.2 Å². The van der Waals surface area contributed by atoms with E-state index in [-0.39, 0.29) is 11.7 Å². The Hall–Kier alpha value is -2.99. The second-order valence-corrected chi connectivity index (χ2v) is 6.77. The molecular weight excluding hydrogens is 343 g/mol. The number of hydrogen-bond donors (Lipinski definition) is 1. The van der Waals surface area contributed by atoms with Crippen LogP contribution >= 0.6 is 0 Å². The van der Waals surface area contributed by atoms with E-state index in [4.69, 9.17) is 0 Å². The van der Waals surface area contributed by atoms with E-state index in [2.05, 4.69) is 21.4 Å². The second kappa shape index (κ2) is 8.14. The molecule has 0 aliphatic rings. The van der Waals surface area contributed by atoms with Crippen LogP contribution < -0.4 is 5.32 Å². The van der Waals surface area contributed by atoms with Crippen molar-refractivity contribution in [2.24, 2.45) is 7.05 Å². The van der Waals surface area contributed by atoms with Gasteiger partial charge in [-0.3, -0.25) is 9.48 Å². The lowest BCUT2D eigenvalue weighted by Crippen LogP contribution is -2.22. The summed E-state index contributed by atoms with van der Waals surface area (Å²) in [6.07, 6.45) is 0. The van der Waals surface area contributed by atoms with Crippen molar-refractivity contribution < 1.29 is 9.18 Å². The monoisotopic (exact) mass is 366 g/mol. The Morgan fingerprint density at radius 1 is 1.11 bits per heavy atom. The van der Waals surface area contributed by atoms with Gasteiger partial charge < -0.3 is 10.2 Å². The number of nitrogens with one attached hydrogen (secondary N) is 1. The van der Waals surface area contributed by atoms with Gasteiger partial charge in [-0.1, -0.05) is 24.3 Å². The van der Waals surface area contributed by atoms with E-state index in [1.807, 2.05) is 50.1 Å². The Morgan fingerprint density at radius 2 is 1.78 bits per heavy atom. The number of nitrogens with zero attached hydrogens (tertiary/aromatic N) is 3. The van der Waals surface area contributed by atoms with Crippen molar-refractivity contribution in [2.45, 2.75) is 13.1 Å². The van der Waals surface area contributed by atoms with Crippen molar-refractivity contribution in [3.8, 4) is 11.3 Å². The van der Waals surface area contributed by atoms with Gasteiger partial charge in [0.05, 0.1) is 11.4 Å². The third-order valence-corrected chi connectivity index (χ3v) is 4.26. The van der Waals surface area contributed by atoms with Crippen molar-refractivity contribution in [2.75, 3.05) is 14.1 Å². The standard InChI is InChI=1S/C21H23FN4O/c1-25(2)14-19-12-20(24-26(19)3)16-6-4-15(5-7-16)13-23-21(27)17-8-10-18(22)11-9-17/h4-12H,13-14H2,1-3H3,(H,23,27). The van der Waals surface area contributed by atoms with Gasteiger partial charge in [0.25, 0.3) is 5.91 Å². The first kappa shape index (κ1) is 18.8. The van der Waals surface area contributed by atoms with Crippen LogP contribution in [0.2, 0.25) is 0 Å². The Morgan fingerprint density at radius 3 is 2.41 bits per heavy atom. The van der Waals surface area contributed by atoms with Crippen molar-refractivity contribution in [1.82, 2.24) is 20.0 Å². The lowest BCUT2D eigenvalue weighted by atomic mass is 10.1. The van der Waals surface area contributed by atoms with Crippen LogP contribution in [0, 0.1) is 5.82 Å². The molecule has 0 aliphatic heterocycles. The number of amides is 1. The van der Waals surface area contributed by atoms with E-state index in [0.29, 0.717) is 12.1 Å². The fourth-order valence-corrected chi connectivity index (χ4v) is 2.80. The zero-order valence-corrected chi connectivity index (χ0v) is 15.7. The third-order valence-electron chi connectivity index (χ3n) is 4.26. The minimum atomic E-state index is -0.356. The fraction of sp³-hybridized carbons (Fsp3) is 0.238. The molecule has 6 heteroatoms. The lowest BCUT2D eigenvalue weighted by Gasteiger charge is -2.08. The summed E-state index contributed by atoms with van der Waals surface area (Å²) in [5.41, 5.74) is 4.53. The van der Waals surface area contributed by atoms with Gasteiger partial charge in [0, 0.05) is 31.3 Å². The highest BCUT2D eigenvalue weighted by atomic mass is 19.1. The molecule has 0 unspecified atom stereocenters. The summed E-state index contributed by atoms with van der Waals surface area (Å²) in [6, 6.07) is 15.5. The summed E-state index contributed by atoms with van der Waals surface area (Å²) in [7, 11) is 6.01. The van der Waals surface area contributed by atoms with Crippen molar-refractivity contribution in [3.05, 3.63) is 77.2 Å². The summed E-state index contributed by atoms with van der Waals surface area (Å²) in [5.74, 6) is -0.581. The zero-order valence-electron chi connectivity index (χ0n) is 15.7. The highest BCUT2D eigenvalue weighted by Gasteiger charge is 2.09. The number of rotatable bonds is 6. The number of halogens is 1. The number of benzene rings is 2. The molecule has 5 nitrogen and oxygen atoms in total. The first-order chi connectivity index (χ1) is 12.9. The van der Waals surface area contributed by atoms with Crippen molar-refractivity contribution >= 4 is 5.91 Å². The van der Waals surface area contributed by atoms with Gasteiger partial charge in [-0.05, 0) is 50.0 Å². The molecular formula is C21H23FN4O. The molecule has 0 bridgehead atoms. The number of aryl methyl sites for hydroxylation is 1. The minimum Gasteiger partial charge on any atom is -0.348 e. The van der Waals surface area contributed by atoms with Gasteiger partial charge in [0.1, 0.15) is 5.82 Å². The molecule has 0 aliphatic carbocycles. The summed E-state index contributed by atoms with van der Waals surface area (Å²) in [5, 5.41) is 7.42. The Kier molecular flexibility index (Phi) is 5.66. The molecule has 0 spiro atoms. The average molecular weight is 366 g/mol. The lowest BCUT2D eigenvalue weighted by molar-refractivity contribution is 0.0951. The minimum absolute atomic E-state index is 0.225. The molecule has 0 saturated carbocycles. The maximum Gasteiger partial charge on any atom is 0.251 e. The number of carbonyl (C=O) groups is 1. The smallest absolute Gasteiger partial charge is 0.251 e. The molecule has 0 radical (unpaired) electrons. The molecule has 0 saturated heterocycles. The Bertz CT molecular complexity index is 914. The van der Waals surface area contributed by atoms with Crippen LogP contribution in [0.3, 0.4) is 0 Å². The molecule has 140 valence electrons. The second-order valence-electron chi connectivity index (χ2n) is 6.77. The van der Waals surface area contributed by atoms with E-state index >= 15 is 0 Å². The van der Waals surface area contributed by atoms with E-state index in [1.165, 1.54) is 24.3 Å². The Balaban J connectivity index is 1.63. The largest absolute Gasteiger partial charge is 0.348 e. The molecule has 1 N–H and O–H groups in total. The van der Waals surface area contributed by atoms with Crippen LogP contribution in [0.5, 0.6) is 0 Å². The Labute approximate surface area is 158 Å². The van der Waals surface area contributed by atoms with Crippen molar-refractivity contribution in [1.29, 1.82) is 0 Å². The third kappa shape index (κ3) is 4.80. The maximum atomic E-state index is 12.9. The molecule has 1 aromatic heterocycles. The van der Waals surface area contributed by atoms with Gasteiger partial charge in [0.2, 0.25) is 0 Å². The molecule has 1 amide bonds. The van der Waals surface area contributed by atoms with Gasteiger partial charge in [-0.2, -0.15) is 5.10 Å². The van der Waals surface area contributed by atoms with Crippen LogP contribution in [0.1, 0.15) is 21.6 Å². The molecule has 0 fully saturated rings.